The first kappa shape index (κ1) is 21.7. The third kappa shape index (κ3) is 11.7. The van der Waals surface area contributed by atoms with Gasteiger partial charge in [0.05, 0.1) is 0 Å². The average molecular weight is 285 g/mol. The smallest absolute Gasteiger partial charge is 0.550 e. The normalized spacial score (nSPS) is 9.29. The SMILES string of the molecule is CCC(CC)C(=O)[O-].CCC(CC)C(=O)[O-].[Mn+2]. The van der Waals surface area contributed by atoms with Gasteiger partial charge in [0.25, 0.3) is 0 Å². The molecular formula is C12H22MnO4. The van der Waals surface area contributed by atoms with Crippen molar-refractivity contribution in [2.24, 2.45) is 11.8 Å². The minimum atomic E-state index is -0.921. The average Bonchev–Trinajstić information content (AvgIpc) is 2.21. The maximum Gasteiger partial charge on any atom is 2.00 e. The number of carboxylic acid groups (broad SMARTS) is 2. The fourth-order valence-electron chi connectivity index (χ4n) is 1.24. The molecule has 0 spiro atoms. The van der Waals surface area contributed by atoms with Gasteiger partial charge in [0.2, 0.25) is 0 Å². The number of carbonyl (C=O) groups excluding carboxylic acids is 2. The Balaban J connectivity index is -0.000000218. The van der Waals surface area contributed by atoms with Gasteiger partial charge in [-0.05, 0) is 37.5 Å². The van der Waals surface area contributed by atoms with E-state index < -0.39 is 11.9 Å². The van der Waals surface area contributed by atoms with Gasteiger partial charge < -0.3 is 19.8 Å². The van der Waals surface area contributed by atoms with Gasteiger partial charge in [0.15, 0.2) is 0 Å². The Bertz CT molecular complexity index is 177. The quantitative estimate of drug-likeness (QED) is 0.659. The third-order valence-corrected chi connectivity index (χ3v) is 2.64. The third-order valence-electron chi connectivity index (χ3n) is 2.64. The van der Waals surface area contributed by atoms with Gasteiger partial charge in [-0.25, -0.2) is 0 Å². The van der Waals surface area contributed by atoms with E-state index in [2.05, 4.69) is 0 Å². The van der Waals surface area contributed by atoms with Crippen molar-refractivity contribution in [2.45, 2.75) is 53.4 Å². The molecule has 4 nitrogen and oxygen atoms in total. The molecule has 0 aliphatic carbocycles. The van der Waals surface area contributed by atoms with E-state index in [0.29, 0.717) is 25.7 Å². The molecule has 17 heavy (non-hydrogen) atoms. The van der Waals surface area contributed by atoms with Gasteiger partial charge in [-0.15, -0.1) is 0 Å². The minimum Gasteiger partial charge on any atom is -0.550 e. The number of hydrogen-bond acceptors (Lipinski definition) is 4. The molecule has 0 aromatic heterocycles. The van der Waals surface area contributed by atoms with Crippen LogP contribution in [-0.4, -0.2) is 11.9 Å². The second-order valence-corrected chi connectivity index (χ2v) is 3.66. The number of aliphatic carboxylic acids is 2. The van der Waals surface area contributed by atoms with Crippen molar-refractivity contribution in [3.63, 3.8) is 0 Å². The van der Waals surface area contributed by atoms with Crippen LogP contribution in [0.25, 0.3) is 0 Å². The van der Waals surface area contributed by atoms with E-state index in [1.165, 1.54) is 0 Å². The summed E-state index contributed by atoms with van der Waals surface area (Å²) in [4.78, 5) is 20.1. The van der Waals surface area contributed by atoms with Gasteiger partial charge in [0.1, 0.15) is 0 Å². The van der Waals surface area contributed by atoms with Crippen LogP contribution in [0.15, 0.2) is 0 Å². The maximum atomic E-state index is 10.1. The zero-order valence-electron chi connectivity index (χ0n) is 11.0. The number of rotatable bonds is 6. The van der Waals surface area contributed by atoms with Gasteiger partial charge in [0, 0.05) is 11.9 Å². The Kier molecular flexibility index (Phi) is 17.3. The predicted octanol–water partition coefficient (Wildman–Crippen LogP) is 0.343. The van der Waals surface area contributed by atoms with Crippen LogP contribution in [0.1, 0.15) is 53.4 Å². The molecule has 0 amide bonds. The summed E-state index contributed by atoms with van der Waals surface area (Å²) >= 11 is 0. The number of carbonyl (C=O) groups is 2. The van der Waals surface area contributed by atoms with E-state index in [9.17, 15) is 19.8 Å². The van der Waals surface area contributed by atoms with Crippen molar-refractivity contribution in [1.82, 2.24) is 0 Å². The summed E-state index contributed by atoms with van der Waals surface area (Å²) < 4.78 is 0. The zero-order valence-corrected chi connectivity index (χ0v) is 12.2. The van der Waals surface area contributed by atoms with Crippen molar-refractivity contribution in [1.29, 1.82) is 0 Å². The van der Waals surface area contributed by atoms with Crippen molar-refractivity contribution >= 4 is 11.9 Å². The molecule has 0 heterocycles. The largest absolute Gasteiger partial charge is 2.00 e. The molecule has 0 aliphatic heterocycles. The zero-order chi connectivity index (χ0) is 13.1. The number of hydrogen-bond donors (Lipinski definition) is 0. The van der Waals surface area contributed by atoms with Crippen LogP contribution < -0.4 is 10.2 Å². The van der Waals surface area contributed by atoms with Crippen LogP contribution in [0, 0.1) is 11.8 Å². The van der Waals surface area contributed by atoms with Gasteiger partial charge >= 0.3 is 17.1 Å². The molecule has 0 bridgehead atoms. The van der Waals surface area contributed by atoms with Gasteiger partial charge in [-0.2, -0.15) is 0 Å². The van der Waals surface area contributed by atoms with Gasteiger partial charge in [-0.1, -0.05) is 27.7 Å². The molecule has 0 fully saturated rings. The first-order chi connectivity index (χ1) is 7.44. The topological polar surface area (TPSA) is 80.3 Å². The Hall–Kier alpha value is -0.541. The van der Waals surface area contributed by atoms with E-state index in [0.717, 1.165) is 0 Å². The van der Waals surface area contributed by atoms with E-state index in [4.69, 9.17) is 0 Å². The molecule has 5 heteroatoms. The minimum absolute atomic E-state index is 0. The molecule has 101 valence electrons. The van der Waals surface area contributed by atoms with Crippen LogP contribution in [0.2, 0.25) is 0 Å². The summed E-state index contributed by atoms with van der Waals surface area (Å²) in [5.41, 5.74) is 0. The summed E-state index contributed by atoms with van der Waals surface area (Å²) in [5.74, 6) is -2.32. The fourth-order valence-corrected chi connectivity index (χ4v) is 1.24. The maximum absolute atomic E-state index is 10.1. The van der Waals surface area contributed by atoms with Crippen molar-refractivity contribution in [3.05, 3.63) is 0 Å². The molecule has 0 rings (SSSR count). The Labute approximate surface area is 114 Å². The van der Waals surface area contributed by atoms with Crippen LogP contribution in [-0.2, 0) is 26.7 Å². The second kappa shape index (κ2) is 13.5. The Morgan fingerprint density at radius 2 is 0.941 bits per heavy atom. The second-order valence-electron chi connectivity index (χ2n) is 3.66. The first-order valence-corrected chi connectivity index (χ1v) is 5.86. The molecule has 0 aromatic carbocycles. The molecule has 0 atom stereocenters. The van der Waals surface area contributed by atoms with Crippen molar-refractivity contribution in [3.8, 4) is 0 Å². The molecule has 0 N–H and O–H groups in total. The summed E-state index contributed by atoms with van der Waals surface area (Å²) in [6, 6.07) is 0. The standard InChI is InChI=1S/2C6H12O2.Mn/c2*1-3-5(4-2)6(7)8;/h2*5H,3-4H2,1-2H3,(H,7,8);/q;;+2/p-2. The van der Waals surface area contributed by atoms with Crippen LogP contribution in [0.4, 0.5) is 0 Å². The summed E-state index contributed by atoms with van der Waals surface area (Å²) in [6.45, 7) is 7.40. The van der Waals surface area contributed by atoms with E-state index in [1.807, 2.05) is 27.7 Å². The number of carboxylic acids is 2. The summed E-state index contributed by atoms with van der Waals surface area (Å²) in [5, 5.41) is 20.1. The molecule has 1 radical (unpaired) electrons. The van der Waals surface area contributed by atoms with Crippen LogP contribution in [0.3, 0.4) is 0 Å². The molecular weight excluding hydrogens is 263 g/mol. The van der Waals surface area contributed by atoms with Crippen molar-refractivity contribution in [2.75, 3.05) is 0 Å². The van der Waals surface area contributed by atoms with Crippen molar-refractivity contribution < 1.29 is 36.9 Å². The van der Waals surface area contributed by atoms with Crippen LogP contribution >= 0.6 is 0 Å². The molecule has 0 saturated carbocycles. The summed E-state index contributed by atoms with van der Waals surface area (Å²) in [7, 11) is 0. The summed E-state index contributed by atoms with van der Waals surface area (Å²) in [6.07, 6.45) is 2.72. The fraction of sp³-hybridized carbons (Fsp3) is 0.833. The molecule has 0 saturated heterocycles. The molecule has 0 aromatic rings. The Morgan fingerprint density at radius 1 is 0.765 bits per heavy atom. The monoisotopic (exact) mass is 285 g/mol. The molecule has 0 unspecified atom stereocenters. The molecule has 0 aliphatic rings. The first-order valence-electron chi connectivity index (χ1n) is 5.86. The van der Waals surface area contributed by atoms with E-state index >= 15 is 0 Å². The van der Waals surface area contributed by atoms with E-state index in [-0.39, 0.29) is 28.9 Å². The predicted molar refractivity (Wildman–Crippen MR) is 58.2 cm³/mol. The van der Waals surface area contributed by atoms with E-state index in [1.54, 1.807) is 0 Å². The van der Waals surface area contributed by atoms with Gasteiger partial charge in [-0.3, -0.25) is 0 Å². The Morgan fingerprint density at radius 3 is 0.941 bits per heavy atom. The van der Waals surface area contributed by atoms with Crippen LogP contribution in [0.5, 0.6) is 0 Å².